The highest BCUT2D eigenvalue weighted by molar-refractivity contribution is 5.95. The Kier molecular flexibility index (Phi) is 6.28. The van der Waals surface area contributed by atoms with Gasteiger partial charge in [0.05, 0.1) is 43.1 Å². The number of hydrogen-bond donors (Lipinski definition) is 1. The third-order valence-electron chi connectivity index (χ3n) is 5.33. The number of nitrogens with zero attached hydrogens (tertiary/aromatic N) is 6. The van der Waals surface area contributed by atoms with Crippen molar-refractivity contribution in [2.24, 2.45) is 0 Å². The molecule has 1 aliphatic heterocycles. The maximum absolute atomic E-state index is 12.7. The first-order valence-electron chi connectivity index (χ1n) is 10.8. The molecule has 0 radical (unpaired) electrons. The number of anilines is 1. The Morgan fingerprint density at radius 3 is 2.58 bits per heavy atom. The quantitative estimate of drug-likeness (QED) is 0.638. The van der Waals surface area contributed by atoms with Crippen molar-refractivity contribution in [3.63, 3.8) is 0 Å². The molecule has 1 aliphatic rings. The van der Waals surface area contributed by atoms with E-state index in [2.05, 4.69) is 9.97 Å². The van der Waals surface area contributed by atoms with Crippen molar-refractivity contribution >= 4 is 22.8 Å². The molecule has 0 aromatic carbocycles. The highest BCUT2D eigenvalue weighted by atomic mass is 16.6. The van der Waals surface area contributed by atoms with Crippen LogP contribution < -0.4 is 9.64 Å². The third kappa shape index (κ3) is 4.80. The minimum Gasteiger partial charge on any atom is -0.494 e. The molecule has 0 aliphatic carbocycles. The van der Waals surface area contributed by atoms with Crippen molar-refractivity contribution in [2.75, 3.05) is 38.3 Å². The second-order valence-corrected chi connectivity index (χ2v) is 8.80. The van der Waals surface area contributed by atoms with Gasteiger partial charge in [0.1, 0.15) is 17.2 Å². The lowest BCUT2D eigenvalue weighted by molar-refractivity contribution is 0.00701. The van der Waals surface area contributed by atoms with Crippen molar-refractivity contribution in [3.05, 3.63) is 36.9 Å². The molecule has 10 nitrogen and oxygen atoms in total. The molecule has 1 fully saturated rings. The smallest absolute Gasteiger partial charge is 0.410 e. The predicted molar refractivity (Wildman–Crippen MR) is 123 cm³/mol. The molecule has 0 spiro atoms. The van der Waals surface area contributed by atoms with Crippen LogP contribution >= 0.6 is 0 Å². The largest absolute Gasteiger partial charge is 0.494 e. The van der Waals surface area contributed by atoms with E-state index in [-0.39, 0.29) is 6.61 Å². The zero-order chi connectivity index (χ0) is 23.6. The van der Waals surface area contributed by atoms with Crippen molar-refractivity contribution in [1.29, 1.82) is 0 Å². The molecule has 1 unspecified atom stereocenters. The zero-order valence-corrected chi connectivity index (χ0v) is 19.2. The van der Waals surface area contributed by atoms with Gasteiger partial charge in [0.25, 0.3) is 0 Å². The van der Waals surface area contributed by atoms with E-state index in [4.69, 9.17) is 19.4 Å². The zero-order valence-electron chi connectivity index (χ0n) is 19.2. The van der Waals surface area contributed by atoms with Gasteiger partial charge in [0.15, 0.2) is 5.82 Å². The van der Waals surface area contributed by atoms with Gasteiger partial charge in [-0.1, -0.05) is 0 Å². The number of aliphatic hydroxyl groups excluding tert-OH is 1. The molecule has 3 aromatic rings. The lowest BCUT2D eigenvalue weighted by atomic mass is 10.1. The minimum absolute atomic E-state index is 0.200. The number of ether oxygens (including phenoxy) is 2. The second-order valence-electron chi connectivity index (χ2n) is 8.80. The van der Waals surface area contributed by atoms with E-state index >= 15 is 0 Å². The summed E-state index contributed by atoms with van der Waals surface area (Å²) < 4.78 is 11.1. The number of carbonyl (C=O) groups excluding carboxylic acids is 1. The topological polar surface area (TPSA) is 114 Å². The van der Waals surface area contributed by atoms with Gasteiger partial charge in [-0.3, -0.25) is 14.9 Å². The number of rotatable bonds is 4. The Balaban J connectivity index is 1.73. The summed E-state index contributed by atoms with van der Waals surface area (Å²) in [5.41, 5.74) is 0.847. The summed E-state index contributed by atoms with van der Waals surface area (Å²) in [4.78, 5) is 34.2. The number of hydrogen-bond acceptors (Lipinski definition) is 9. The van der Waals surface area contributed by atoms with Crippen LogP contribution in [0.2, 0.25) is 0 Å². The molecular weight excluding hydrogens is 424 g/mol. The maximum Gasteiger partial charge on any atom is 0.410 e. The van der Waals surface area contributed by atoms with Crippen LogP contribution in [0, 0.1) is 0 Å². The van der Waals surface area contributed by atoms with E-state index < -0.39 is 17.7 Å². The standard InChI is InChI=1S/C23H28N6O4/c1-23(2,3)33-22(31)29-10-9-28(13-16(29)14-30)21-19-17(11-25-12-18(19)32-4)26-20(27-21)15-5-7-24-8-6-15/h5-8,11-12,16,30H,9-10,13-14H2,1-4H3. The first kappa shape index (κ1) is 22.7. The number of methoxy groups -OCH3 is 1. The predicted octanol–water partition coefficient (Wildman–Crippen LogP) is 2.51. The average molecular weight is 453 g/mol. The summed E-state index contributed by atoms with van der Waals surface area (Å²) in [6.45, 7) is 6.53. The Morgan fingerprint density at radius 2 is 1.91 bits per heavy atom. The number of piperazine rings is 1. The number of carbonyl (C=O) groups is 1. The van der Waals surface area contributed by atoms with Gasteiger partial charge in [-0.05, 0) is 32.9 Å². The van der Waals surface area contributed by atoms with Crippen LogP contribution in [0.1, 0.15) is 20.8 Å². The Morgan fingerprint density at radius 1 is 1.15 bits per heavy atom. The van der Waals surface area contributed by atoms with Crippen LogP contribution in [-0.2, 0) is 4.74 Å². The summed E-state index contributed by atoms with van der Waals surface area (Å²) in [6.07, 6.45) is 6.24. The van der Waals surface area contributed by atoms with Crippen molar-refractivity contribution in [2.45, 2.75) is 32.4 Å². The van der Waals surface area contributed by atoms with Gasteiger partial charge in [-0.15, -0.1) is 0 Å². The van der Waals surface area contributed by atoms with E-state index in [1.54, 1.807) is 36.8 Å². The molecule has 33 heavy (non-hydrogen) atoms. The molecular formula is C23H28N6O4. The molecule has 174 valence electrons. The van der Waals surface area contributed by atoms with E-state index in [0.29, 0.717) is 42.5 Å². The number of aliphatic hydroxyl groups is 1. The molecule has 0 saturated carbocycles. The fraction of sp³-hybridized carbons (Fsp3) is 0.435. The van der Waals surface area contributed by atoms with E-state index in [0.717, 1.165) is 10.9 Å². The first-order valence-corrected chi connectivity index (χ1v) is 10.8. The average Bonchev–Trinajstić information content (AvgIpc) is 2.82. The number of aromatic nitrogens is 4. The summed E-state index contributed by atoms with van der Waals surface area (Å²) in [6, 6.07) is 3.24. The van der Waals surface area contributed by atoms with Crippen molar-refractivity contribution in [1.82, 2.24) is 24.8 Å². The summed E-state index contributed by atoms with van der Waals surface area (Å²) in [5, 5.41) is 10.8. The molecule has 1 atom stereocenters. The molecule has 10 heteroatoms. The maximum atomic E-state index is 12.7. The summed E-state index contributed by atoms with van der Waals surface area (Å²) in [5.74, 6) is 1.75. The van der Waals surface area contributed by atoms with Crippen LogP contribution in [0.15, 0.2) is 36.9 Å². The Bertz CT molecular complexity index is 1130. The molecule has 4 heterocycles. The second kappa shape index (κ2) is 9.14. The fourth-order valence-corrected chi connectivity index (χ4v) is 3.81. The van der Waals surface area contributed by atoms with Crippen LogP contribution in [0.4, 0.5) is 10.6 Å². The fourth-order valence-electron chi connectivity index (χ4n) is 3.81. The van der Waals surface area contributed by atoms with Gasteiger partial charge in [-0.2, -0.15) is 0 Å². The molecule has 4 rings (SSSR count). The van der Waals surface area contributed by atoms with Gasteiger partial charge in [0, 0.05) is 37.6 Å². The SMILES string of the molecule is COc1cncc2nc(-c3ccncc3)nc(N3CCN(C(=O)OC(C)(C)C)C(CO)C3)c12. The molecule has 3 aromatic heterocycles. The first-order chi connectivity index (χ1) is 15.8. The highest BCUT2D eigenvalue weighted by Crippen LogP contribution is 2.34. The van der Waals surface area contributed by atoms with Crippen LogP contribution in [0.5, 0.6) is 5.75 Å². The minimum atomic E-state index is -0.614. The lowest BCUT2D eigenvalue weighted by Crippen LogP contribution is -2.57. The van der Waals surface area contributed by atoms with E-state index in [1.165, 1.54) is 0 Å². The number of fused-ring (bicyclic) bond motifs is 1. The monoisotopic (exact) mass is 452 g/mol. The Hall–Kier alpha value is -3.53. The summed E-state index contributed by atoms with van der Waals surface area (Å²) >= 11 is 0. The number of pyridine rings is 2. The van der Waals surface area contributed by atoms with Gasteiger partial charge in [0.2, 0.25) is 0 Å². The highest BCUT2D eigenvalue weighted by Gasteiger charge is 2.34. The van der Waals surface area contributed by atoms with E-state index in [1.807, 2.05) is 37.8 Å². The summed E-state index contributed by atoms with van der Waals surface area (Å²) in [7, 11) is 1.58. The van der Waals surface area contributed by atoms with Crippen LogP contribution in [-0.4, -0.2) is 81.0 Å². The molecule has 1 saturated heterocycles. The van der Waals surface area contributed by atoms with Crippen molar-refractivity contribution < 1.29 is 19.4 Å². The molecule has 1 N–H and O–H groups in total. The van der Waals surface area contributed by atoms with Gasteiger partial charge in [-0.25, -0.2) is 14.8 Å². The molecule has 0 bridgehead atoms. The van der Waals surface area contributed by atoms with Crippen LogP contribution in [0.3, 0.4) is 0 Å². The normalized spacial score (nSPS) is 16.7. The molecule has 1 amide bonds. The van der Waals surface area contributed by atoms with Crippen LogP contribution in [0.25, 0.3) is 22.3 Å². The number of amides is 1. The third-order valence-corrected chi connectivity index (χ3v) is 5.33. The van der Waals surface area contributed by atoms with Crippen molar-refractivity contribution in [3.8, 4) is 17.1 Å². The van der Waals surface area contributed by atoms with E-state index in [9.17, 15) is 9.90 Å². The van der Waals surface area contributed by atoms with Gasteiger partial charge >= 0.3 is 6.09 Å². The Labute approximate surface area is 192 Å². The van der Waals surface area contributed by atoms with Gasteiger partial charge < -0.3 is 19.5 Å². The lowest BCUT2D eigenvalue weighted by Gasteiger charge is -2.41.